The summed E-state index contributed by atoms with van der Waals surface area (Å²) in [7, 11) is 0. The van der Waals surface area contributed by atoms with Crippen LogP contribution in [0.1, 0.15) is 31.7 Å². The summed E-state index contributed by atoms with van der Waals surface area (Å²) in [5.41, 5.74) is 1.85. The zero-order valence-electron chi connectivity index (χ0n) is 10.9. The lowest BCUT2D eigenvalue weighted by Crippen LogP contribution is -2.23. The molecular formula is C15H20N2O. The van der Waals surface area contributed by atoms with Crippen molar-refractivity contribution < 1.29 is 4.74 Å². The van der Waals surface area contributed by atoms with Crippen molar-refractivity contribution in [2.75, 3.05) is 13.2 Å². The number of nitriles is 1. The van der Waals surface area contributed by atoms with Gasteiger partial charge in [0.25, 0.3) is 0 Å². The van der Waals surface area contributed by atoms with E-state index in [0.29, 0.717) is 5.41 Å². The molecule has 96 valence electrons. The summed E-state index contributed by atoms with van der Waals surface area (Å²) in [6, 6.07) is 9.89. The molecule has 0 atom stereocenters. The molecular weight excluding hydrogens is 224 g/mol. The fourth-order valence-corrected chi connectivity index (χ4v) is 2.12. The van der Waals surface area contributed by atoms with E-state index in [4.69, 9.17) is 10.00 Å². The van der Waals surface area contributed by atoms with Gasteiger partial charge in [-0.05, 0) is 42.4 Å². The molecule has 0 aliphatic heterocycles. The number of rotatable bonds is 7. The SMILES string of the molecule is CCC1(CNCc2ccc(OCC#N)cc2)CC1. The predicted molar refractivity (Wildman–Crippen MR) is 71.2 cm³/mol. The van der Waals surface area contributed by atoms with Crippen molar-refractivity contribution in [3.05, 3.63) is 29.8 Å². The minimum absolute atomic E-state index is 0.108. The van der Waals surface area contributed by atoms with Gasteiger partial charge in [0, 0.05) is 13.1 Å². The number of ether oxygens (including phenoxy) is 1. The van der Waals surface area contributed by atoms with Gasteiger partial charge in [-0.2, -0.15) is 5.26 Å². The Kier molecular flexibility index (Phi) is 4.22. The van der Waals surface area contributed by atoms with E-state index in [2.05, 4.69) is 12.2 Å². The molecule has 1 aromatic carbocycles. The molecule has 1 aliphatic carbocycles. The molecule has 0 aromatic heterocycles. The van der Waals surface area contributed by atoms with Crippen LogP contribution in [0.15, 0.2) is 24.3 Å². The van der Waals surface area contributed by atoms with Crippen LogP contribution in [-0.2, 0) is 6.54 Å². The number of hydrogen-bond acceptors (Lipinski definition) is 3. The molecule has 3 heteroatoms. The lowest BCUT2D eigenvalue weighted by atomic mass is 10.0. The van der Waals surface area contributed by atoms with E-state index >= 15 is 0 Å². The van der Waals surface area contributed by atoms with Gasteiger partial charge < -0.3 is 10.1 Å². The summed E-state index contributed by atoms with van der Waals surface area (Å²) >= 11 is 0. The van der Waals surface area contributed by atoms with Gasteiger partial charge in [-0.25, -0.2) is 0 Å². The Morgan fingerprint density at radius 2 is 2.06 bits per heavy atom. The van der Waals surface area contributed by atoms with Crippen LogP contribution in [0.3, 0.4) is 0 Å². The average molecular weight is 244 g/mol. The molecule has 0 saturated heterocycles. The fraction of sp³-hybridized carbons (Fsp3) is 0.533. The highest BCUT2D eigenvalue weighted by Gasteiger charge is 2.39. The van der Waals surface area contributed by atoms with Crippen LogP contribution >= 0.6 is 0 Å². The molecule has 1 N–H and O–H groups in total. The van der Waals surface area contributed by atoms with E-state index in [9.17, 15) is 0 Å². The third kappa shape index (κ3) is 3.48. The van der Waals surface area contributed by atoms with Crippen LogP contribution in [0, 0.1) is 16.7 Å². The summed E-state index contributed by atoms with van der Waals surface area (Å²) in [5, 5.41) is 11.9. The summed E-state index contributed by atoms with van der Waals surface area (Å²) < 4.78 is 5.21. The Hall–Kier alpha value is -1.53. The zero-order chi connectivity index (χ0) is 12.8. The van der Waals surface area contributed by atoms with Crippen molar-refractivity contribution in [2.45, 2.75) is 32.7 Å². The van der Waals surface area contributed by atoms with Crippen molar-refractivity contribution in [1.29, 1.82) is 5.26 Å². The molecule has 0 radical (unpaired) electrons. The second kappa shape index (κ2) is 5.88. The highest BCUT2D eigenvalue weighted by atomic mass is 16.5. The molecule has 1 fully saturated rings. The average Bonchev–Trinajstić information content (AvgIpc) is 3.18. The number of hydrogen-bond donors (Lipinski definition) is 1. The first kappa shape index (κ1) is 12.9. The predicted octanol–water partition coefficient (Wildman–Crippen LogP) is 2.87. The molecule has 0 unspecified atom stereocenters. The van der Waals surface area contributed by atoms with Crippen molar-refractivity contribution in [3.8, 4) is 11.8 Å². The molecule has 1 aliphatic rings. The van der Waals surface area contributed by atoms with Gasteiger partial charge in [-0.15, -0.1) is 0 Å². The molecule has 0 heterocycles. The lowest BCUT2D eigenvalue weighted by molar-refractivity contribution is 0.368. The normalized spacial score (nSPS) is 16.0. The van der Waals surface area contributed by atoms with Crippen molar-refractivity contribution in [2.24, 2.45) is 5.41 Å². The Labute approximate surface area is 109 Å². The number of nitrogens with one attached hydrogen (secondary N) is 1. The molecule has 2 rings (SSSR count). The van der Waals surface area contributed by atoms with Crippen LogP contribution in [0.5, 0.6) is 5.75 Å². The molecule has 1 saturated carbocycles. The molecule has 1 aromatic rings. The van der Waals surface area contributed by atoms with E-state index in [0.717, 1.165) is 18.8 Å². The molecule has 0 spiro atoms. The topological polar surface area (TPSA) is 45.0 Å². The number of benzene rings is 1. The maximum absolute atomic E-state index is 8.42. The minimum atomic E-state index is 0.108. The van der Waals surface area contributed by atoms with Crippen LogP contribution in [0.25, 0.3) is 0 Å². The van der Waals surface area contributed by atoms with Crippen molar-refractivity contribution >= 4 is 0 Å². The Bertz CT molecular complexity index is 415. The third-order valence-electron chi connectivity index (χ3n) is 3.76. The largest absolute Gasteiger partial charge is 0.479 e. The molecule has 0 bridgehead atoms. The molecule has 0 amide bonds. The quantitative estimate of drug-likeness (QED) is 0.802. The Morgan fingerprint density at radius 3 is 2.61 bits per heavy atom. The Balaban J connectivity index is 1.74. The zero-order valence-corrected chi connectivity index (χ0v) is 10.9. The highest BCUT2D eigenvalue weighted by molar-refractivity contribution is 5.27. The first-order valence-corrected chi connectivity index (χ1v) is 6.57. The maximum Gasteiger partial charge on any atom is 0.174 e. The van der Waals surface area contributed by atoms with Gasteiger partial charge in [0.1, 0.15) is 11.8 Å². The maximum atomic E-state index is 8.42. The lowest BCUT2D eigenvalue weighted by Gasteiger charge is -2.13. The van der Waals surface area contributed by atoms with Crippen molar-refractivity contribution in [1.82, 2.24) is 5.32 Å². The van der Waals surface area contributed by atoms with Gasteiger partial charge >= 0.3 is 0 Å². The summed E-state index contributed by atoms with van der Waals surface area (Å²) in [4.78, 5) is 0. The highest BCUT2D eigenvalue weighted by Crippen LogP contribution is 2.47. The van der Waals surface area contributed by atoms with E-state index in [1.165, 1.54) is 24.8 Å². The number of nitrogens with zero attached hydrogens (tertiary/aromatic N) is 1. The van der Waals surface area contributed by atoms with Crippen LogP contribution in [0.4, 0.5) is 0 Å². The molecule has 18 heavy (non-hydrogen) atoms. The summed E-state index contributed by atoms with van der Waals surface area (Å²) in [5.74, 6) is 0.757. The smallest absolute Gasteiger partial charge is 0.174 e. The standard InChI is InChI=1S/C15H20N2O/c1-2-15(7-8-15)12-17-11-13-3-5-14(6-4-13)18-10-9-16/h3-6,17H,2,7-8,10-12H2,1H3. The molecule has 3 nitrogen and oxygen atoms in total. The third-order valence-corrected chi connectivity index (χ3v) is 3.76. The second-order valence-electron chi connectivity index (χ2n) is 5.05. The van der Waals surface area contributed by atoms with Crippen LogP contribution < -0.4 is 10.1 Å². The first-order chi connectivity index (χ1) is 8.78. The van der Waals surface area contributed by atoms with Crippen LogP contribution in [-0.4, -0.2) is 13.2 Å². The van der Waals surface area contributed by atoms with E-state index in [1.54, 1.807) is 0 Å². The summed E-state index contributed by atoms with van der Waals surface area (Å²) in [6.45, 7) is 4.41. The van der Waals surface area contributed by atoms with E-state index in [-0.39, 0.29) is 6.61 Å². The minimum Gasteiger partial charge on any atom is -0.479 e. The monoisotopic (exact) mass is 244 g/mol. The first-order valence-electron chi connectivity index (χ1n) is 6.57. The van der Waals surface area contributed by atoms with E-state index in [1.807, 2.05) is 30.3 Å². The van der Waals surface area contributed by atoms with Crippen molar-refractivity contribution in [3.63, 3.8) is 0 Å². The van der Waals surface area contributed by atoms with Gasteiger partial charge in [0.2, 0.25) is 0 Å². The van der Waals surface area contributed by atoms with E-state index < -0.39 is 0 Å². The van der Waals surface area contributed by atoms with Gasteiger partial charge in [-0.1, -0.05) is 19.1 Å². The second-order valence-corrected chi connectivity index (χ2v) is 5.05. The Morgan fingerprint density at radius 1 is 1.33 bits per heavy atom. The van der Waals surface area contributed by atoms with Gasteiger partial charge in [0.15, 0.2) is 6.61 Å². The summed E-state index contributed by atoms with van der Waals surface area (Å²) in [6.07, 6.45) is 4.02. The van der Waals surface area contributed by atoms with Gasteiger partial charge in [-0.3, -0.25) is 0 Å². The van der Waals surface area contributed by atoms with Gasteiger partial charge in [0.05, 0.1) is 0 Å². The fourth-order valence-electron chi connectivity index (χ4n) is 2.12. The van der Waals surface area contributed by atoms with Crippen LogP contribution in [0.2, 0.25) is 0 Å².